The second kappa shape index (κ2) is 6.50. The maximum atomic E-state index is 13.7. The molecule has 2 nitrogen and oxygen atoms in total. The van der Waals surface area contributed by atoms with Gasteiger partial charge in [0.25, 0.3) is 0 Å². The molecule has 0 saturated carbocycles. The van der Waals surface area contributed by atoms with E-state index in [9.17, 15) is 8.78 Å². The van der Waals surface area contributed by atoms with E-state index in [1.807, 2.05) is 13.8 Å². The molecule has 0 aliphatic rings. The van der Waals surface area contributed by atoms with E-state index in [2.05, 4.69) is 11.9 Å². The molecule has 0 aliphatic heterocycles. The van der Waals surface area contributed by atoms with Crippen LogP contribution in [0.1, 0.15) is 26.3 Å². The Bertz CT molecular complexity index is 407. The highest BCUT2D eigenvalue weighted by Crippen LogP contribution is 2.23. The lowest BCUT2D eigenvalue weighted by molar-refractivity contribution is 0.312. The van der Waals surface area contributed by atoms with Crippen LogP contribution in [0.3, 0.4) is 0 Å². The van der Waals surface area contributed by atoms with Crippen molar-refractivity contribution in [1.29, 1.82) is 0 Å². The molecule has 0 amide bonds. The summed E-state index contributed by atoms with van der Waals surface area (Å²) in [5.74, 6) is -1.71. The lowest BCUT2D eigenvalue weighted by Crippen LogP contribution is -2.22. The minimum absolute atomic E-state index is 0.109. The van der Waals surface area contributed by atoms with E-state index in [-0.39, 0.29) is 18.4 Å². The number of rotatable bonds is 6. The Morgan fingerprint density at radius 3 is 2.33 bits per heavy atom. The first kappa shape index (κ1) is 14.6. The second-order valence-corrected chi connectivity index (χ2v) is 4.67. The first-order valence-corrected chi connectivity index (χ1v) is 5.88. The molecule has 0 radical (unpaired) electrons. The van der Waals surface area contributed by atoms with Crippen molar-refractivity contribution in [3.63, 3.8) is 0 Å². The molecule has 4 heteroatoms. The largest absolute Gasteiger partial charge is 0.483 e. The minimum atomic E-state index is -0.684. The van der Waals surface area contributed by atoms with Crippen LogP contribution in [0.4, 0.5) is 8.78 Å². The summed E-state index contributed by atoms with van der Waals surface area (Å²) in [6.45, 7) is 9.82. The summed E-state index contributed by atoms with van der Waals surface area (Å²) in [4.78, 5) is 0. The molecule has 0 aliphatic carbocycles. The number of ether oxygens (including phenoxy) is 1. The van der Waals surface area contributed by atoms with Gasteiger partial charge in [-0.05, 0) is 30.2 Å². The molecule has 0 heterocycles. The van der Waals surface area contributed by atoms with Gasteiger partial charge in [-0.3, -0.25) is 0 Å². The third-order valence-corrected chi connectivity index (χ3v) is 2.24. The zero-order valence-electron chi connectivity index (χ0n) is 11.0. The predicted molar refractivity (Wildman–Crippen MR) is 68.6 cm³/mol. The molecule has 0 spiro atoms. The highest BCUT2D eigenvalue weighted by molar-refractivity contribution is 5.31. The summed E-state index contributed by atoms with van der Waals surface area (Å²) in [6.07, 6.45) is 0. The SMILES string of the molecule is C=C(C)COc1c(F)cc(CNC(C)C)cc1F. The van der Waals surface area contributed by atoms with E-state index in [1.165, 1.54) is 12.1 Å². The van der Waals surface area contributed by atoms with Crippen molar-refractivity contribution in [2.45, 2.75) is 33.4 Å². The molecule has 100 valence electrons. The van der Waals surface area contributed by atoms with Crippen molar-refractivity contribution >= 4 is 0 Å². The fraction of sp³-hybridized carbons (Fsp3) is 0.429. The van der Waals surface area contributed by atoms with Gasteiger partial charge in [-0.25, -0.2) is 8.78 Å². The van der Waals surface area contributed by atoms with E-state index >= 15 is 0 Å². The van der Waals surface area contributed by atoms with Crippen molar-refractivity contribution in [3.05, 3.63) is 41.5 Å². The topological polar surface area (TPSA) is 21.3 Å². The van der Waals surface area contributed by atoms with Crippen LogP contribution < -0.4 is 10.1 Å². The molecule has 1 aromatic carbocycles. The Kier molecular flexibility index (Phi) is 5.28. The highest BCUT2D eigenvalue weighted by atomic mass is 19.1. The van der Waals surface area contributed by atoms with Crippen molar-refractivity contribution in [2.75, 3.05) is 6.61 Å². The van der Waals surface area contributed by atoms with Gasteiger partial charge in [0.2, 0.25) is 0 Å². The molecule has 0 saturated heterocycles. The van der Waals surface area contributed by atoms with Gasteiger partial charge in [0.15, 0.2) is 17.4 Å². The molecule has 1 rings (SSSR count). The van der Waals surface area contributed by atoms with Gasteiger partial charge >= 0.3 is 0 Å². The number of benzene rings is 1. The van der Waals surface area contributed by atoms with Gasteiger partial charge < -0.3 is 10.1 Å². The molecular formula is C14H19F2NO. The number of hydrogen-bond acceptors (Lipinski definition) is 2. The summed E-state index contributed by atoms with van der Waals surface area (Å²) in [6, 6.07) is 2.83. The molecule has 0 bridgehead atoms. The molecule has 1 N–H and O–H groups in total. The standard InChI is InChI=1S/C14H19F2NO/c1-9(2)8-18-14-12(15)5-11(6-13(14)16)7-17-10(3)4/h5-6,10,17H,1,7-8H2,2-4H3. The van der Waals surface area contributed by atoms with E-state index in [0.717, 1.165) is 0 Å². The first-order valence-electron chi connectivity index (χ1n) is 5.88. The van der Waals surface area contributed by atoms with Crippen LogP contribution >= 0.6 is 0 Å². The lowest BCUT2D eigenvalue weighted by Gasteiger charge is -2.12. The first-order chi connectivity index (χ1) is 8.40. The summed E-state index contributed by atoms with van der Waals surface area (Å²) >= 11 is 0. The fourth-order valence-corrected chi connectivity index (χ4v) is 1.37. The summed E-state index contributed by atoms with van der Waals surface area (Å²) in [5, 5.41) is 3.10. The fourth-order valence-electron chi connectivity index (χ4n) is 1.37. The van der Waals surface area contributed by atoms with Crippen molar-refractivity contribution in [1.82, 2.24) is 5.32 Å². The van der Waals surface area contributed by atoms with Crippen molar-refractivity contribution in [2.24, 2.45) is 0 Å². The minimum Gasteiger partial charge on any atom is -0.483 e. The van der Waals surface area contributed by atoms with Crippen molar-refractivity contribution in [3.8, 4) is 5.75 Å². The van der Waals surface area contributed by atoms with Gasteiger partial charge in [-0.15, -0.1) is 0 Å². The van der Waals surface area contributed by atoms with Crippen molar-refractivity contribution < 1.29 is 13.5 Å². The van der Waals surface area contributed by atoms with E-state index in [1.54, 1.807) is 6.92 Å². The molecule has 0 aromatic heterocycles. The number of nitrogens with one attached hydrogen (secondary N) is 1. The Morgan fingerprint density at radius 1 is 1.33 bits per heavy atom. The number of halogens is 2. The van der Waals surface area contributed by atoms with Gasteiger partial charge in [0.1, 0.15) is 6.61 Å². The summed E-state index contributed by atoms with van der Waals surface area (Å²) in [5.41, 5.74) is 1.26. The van der Waals surface area contributed by atoms with Crippen LogP contribution in [0.25, 0.3) is 0 Å². The average molecular weight is 255 g/mol. The van der Waals surface area contributed by atoms with Crippen LogP contribution in [0.5, 0.6) is 5.75 Å². The van der Waals surface area contributed by atoms with Crippen LogP contribution in [0, 0.1) is 11.6 Å². The van der Waals surface area contributed by atoms with E-state index < -0.39 is 11.6 Å². The number of hydrogen-bond donors (Lipinski definition) is 1. The average Bonchev–Trinajstić information content (AvgIpc) is 2.24. The molecule has 0 fully saturated rings. The molecule has 1 aromatic rings. The zero-order chi connectivity index (χ0) is 13.7. The zero-order valence-corrected chi connectivity index (χ0v) is 11.0. The van der Waals surface area contributed by atoms with Gasteiger partial charge in [-0.2, -0.15) is 0 Å². The highest BCUT2D eigenvalue weighted by Gasteiger charge is 2.12. The van der Waals surface area contributed by atoms with Gasteiger partial charge in [-0.1, -0.05) is 20.4 Å². The second-order valence-electron chi connectivity index (χ2n) is 4.67. The van der Waals surface area contributed by atoms with Crippen LogP contribution in [0.15, 0.2) is 24.3 Å². The van der Waals surface area contributed by atoms with Gasteiger partial charge in [0.05, 0.1) is 0 Å². The Labute approximate surface area is 107 Å². The third-order valence-electron chi connectivity index (χ3n) is 2.24. The normalized spacial score (nSPS) is 10.8. The van der Waals surface area contributed by atoms with Gasteiger partial charge in [0, 0.05) is 12.6 Å². The molecule has 18 heavy (non-hydrogen) atoms. The Morgan fingerprint density at radius 2 is 1.89 bits per heavy atom. The molecular weight excluding hydrogens is 236 g/mol. The summed E-state index contributed by atoms with van der Waals surface area (Å²) in [7, 11) is 0. The third kappa shape index (κ3) is 4.45. The monoisotopic (exact) mass is 255 g/mol. The quantitative estimate of drug-likeness (QED) is 0.786. The Balaban J connectivity index is 2.80. The molecule has 0 unspecified atom stereocenters. The maximum Gasteiger partial charge on any atom is 0.191 e. The summed E-state index contributed by atoms with van der Waals surface area (Å²) < 4.78 is 32.4. The van der Waals surface area contributed by atoms with E-state index in [0.29, 0.717) is 17.7 Å². The van der Waals surface area contributed by atoms with E-state index in [4.69, 9.17) is 4.74 Å². The Hall–Kier alpha value is -1.42. The van der Waals surface area contributed by atoms with Crippen LogP contribution in [0.2, 0.25) is 0 Å². The van der Waals surface area contributed by atoms with Crippen LogP contribution in [-0.4, -0.2) is 12.6 Å². The molecule has 0 atom stereocenters. The van der Waals surface area contributed by atoms with Crippen LogP contribution in [-0.2, 0) is 6.54 Å². The lowest BCUT2D eigenvalue weighted by atomic mass is 10.2. The maximum absolute atomic E-state index is 13.7. The smallest absolute Gasteiger partial charge is 0.191 e. The predicted octanol–water partition coefficient (Wildman–Crippen LogP) is 3.42.